The summed E-state index contributed by atoms with van der Waals surface area (Å²) in [5.74, 6) is -0.139. The number of hydrogen-bond acceptors (Lipinski definition) is 3. The Hall–Kier alpha value is -2.60. The van der Waals surface area contributed by atoms with Gasteiger partial charge in [0.05, 0.1) is 4.90 Å². The van der Waals surface area contributed by atoms with Crippen molar-refractivity contribution in [3.05, 3.63) is 65.7 Å². The Balaban J connectivity index is 1.81. The summed E-state index contributed by atoms with van der Waals surface area (Å²) in [5, 5.41) is 2.86. The number of amides is 1. The van der Waals surface area contributed by atoms with Gasteiger partial charge < -0.3 is 5.32 Å². The van der Waals surface area contributed by atoms with Crippen LogP contribution in [0.3, 0.4) is 0 Å². The first-order chi connectivity index (χ1) is 12.8. The van der Waals surface area contributed by atoms with Gasteiger partial charge >= 0.3 is 0 Å². The molecule has 1 amide bonds. The second-order valence-electron chi connectivity index (χ2n) is 6.93. The highest BCUT2D eigenvalue weighted by Crippen LogP contribution is 2.25. The highest BCUT2D eigenvalue weighted by Gasteiger charge is 2.21. The van der Waals surface area contributed by atoms with E-state index in [1.807, 2.05) is 19.1 Å². The van der Waals surface area contributed by atoms with E-state index in [2.05, 4.69) is 16.1 Å². The summed E-state index contributed by atoms with van der Waals surface area (Å²) in [4.78, 5) is 12.6. The molecule has 0 saturated carbocycles. The highest BCUT2D eigenvalue weighted by atomic mass is 32.2. The molecule has 1 aliphatic rings. The van der Waals surface area contributed by atoms with Gasteiger partial charge in [0.15, 0.2) is 0 Å². The quantitative estimate of drug-likeness (QED) is 0.750. The van der Waals surface area contributed by atoms with E-state index in [1.54, 1.807) is 37.3 Å². The van der Waals surface area contributed by atoms with E-state index in [-0.39, 0.29) is 16.7 Å². The molecule has 5 nitrogen and oxygen atoms in total. The van der Waals surface area contributed by atoms with Crippen LogP contribution in [-0.2, 0) is 14.8 Å². The molecular weight excluding hydrogens is 360 g/mol. The van der Waals surface area contributed by atoms with E-state index in [1.165, 1.54) is 6.07 Å². The van der Waals surface area contributed by atoms with Crippen LogP contribution in [0.5, 0.6) is 0 Å². The summed E-state index contributed by atoms with van der Waals surface area (Å²) in [6, 6.07) is 12.1. The van der Waals surface area contributed by atoms with Crippen LogP contribution < -0.4 is 10.0 Å². The van der Waals surface area contributed by atoms with Crippen molar-refractivity contribution < 1.29 is 13.2 Å². The van der Waals surface area contributed by atoms with E-state index in [4.69, 9.17) is 0 Å². The van der Waals surface area contributed by atoms with E-state index >= 15 is 0 Å². The van der Waals surface area contributed by atoms with Crippen molar-refractivity contribution in [2.75, 3.05) is 10.0 Å². The zero-order valence-electron chi connectivity index (χ0n) is 15.5. The van der Waals surface area contributed by atoms with Crippen LogP contribution in [0, 0.1) is 19.8 Å². The molecule has 2 aromatic rings. The van der Waals surface area contributed by atoms with Crippen molar-refractivity contribution in [1.82, 2.24) is 0 Å². The Morgan fingerprint density at radius 3 is 2.56 bits per heavy atom. The fourth-order valence-corrected chi connectivity index (χ4v) is 4.48. The largest absolute Gasteiger partial charge is 0.326 e. The van der Waals surface area contributed by atoms with Crippen molar-refractivity contribution in [2.24, 2.45) is 5.92 Å². The van der Waals surface area contributed by atoms with Gasteiger partial charge in [-0.05, 0) is 68.5 Å². The molecule has 1 aliphatic carbocycles. The van der Waals surface area contributed by atoms with Crippen LogP contribution in [0.2, 0.25) is 0 Å². The molecule has 1 atom stereocenters. The second kappa shape index (κ2) is 7.96. The maximum Gasteiger partial charge on any atom is 0.262 e. The molecule has 6 heteroatoms. The third-order valence-electron chi connectivity index (χ3n) is 4.66. The molecule has 0 spiro atoms. The zero-order valence-corrected chi connectivity index (χ0v) is 16.3. The lowest BCUT2D eigenvalue weighted by Gasteiger charge is -2.18. The van der Waals surface area contributed by atoms with Crippen LogP contribution in [-0.4, -0.2) is 14.3 Å². The smallest absolute Gasteiger partial charge is 0.262 e. The van der Waals surface area contributed by atoms with Crippen LogP contribution in [0.25, 0.3) is 0 Å². The number of carbonyl (C=O) groups is 1. The molecule has 0 fully saturated rings. The van der Waals surface area contributed by atoms with Gasteiger partial charge in [0.25, 0.3) is 10.0 Å². The van der Waals surface area contributed by atoms with Gasteiger partial charge in [0, 0.05) is 17.3 Å². The number of anilines is 2. The van der Waals surface area contributed by atoms with Crippen molar-refractivity contribution in [3.63, 3.8) is 0 Å². The van der Waals surface area contributed by atoms with Crippen molar-refractivity contribution in [2.45, 2.75) is 38.0 Å². The van der Waals surface area contributed by atoms with Crippen LogP contribution in [0.4, 0.5) is 11.4 Å². The summed E-state index contributed by atoms with van der Waals surface area (Å²) in [6.07, 6.45) is 6.53. The van der Waals surface area contributed by atoms with Crippen molar-refractivity contribution >= 4 is 27.3 Å². The fraction of sp³-hybridized carbons (Fsp3) is 0.286. The summed E-state index contributed by atoms with van der Waals surface area (Å²) < 4.78 is 28.3. The standard InChI is InChI=1S/C21H24N2O3S/c1-15-7-6-10-19(13-15)23-27(25,26)20-14-18(12-11-16(20)2)22-21(24)17-8-4-3-5-9-17/h3-4,6-7,10-14,17,23H,5,8-9H2,1-2H3,(H,22,24). The third-order valence-corrected chi connectivity index (χ3v) is 6.18. The average molecular weight is 385 g/mol. The number of allylic oxidation sites excluding steroid dienone is 2. The molecule has 3 rings (SSSR count). The molecule has 27 heavy (non-hydrogen) atoms. The highest BCUT2D eigenvalue weighted by molar-refractivity contribution is 7.92. The Morgan fingerprint density at radius 1 is 1.04 bits per heavy atom. The van der Waals surface area contributed by atoms with Gasteiger partial charge in [0.1, 0.15) is 0 Å². The summed E-state index contributed by atoms with van der Waals surface area (Å²) >= 11 is 0. The molecule has 0 radical (unpaired) electrons. The van der Waals surface area contributed by atoms with E-state index in [0.717, 1.165) is 24.8 Å². The average Bonchev–Trinajstić information content (AvgIpc) is 2.63. The van der Waals surface area contributed by atoms with Crippen LogP contribution in [0.1, 0.15) is 30.4 Å². The molecular formula is C21H24N2O3S. The van der Waals surface area contributed by atoms with Gasteiger partial charge in [-0.3, -0.25) is 9.52 Å². The molecule has 0 aromatic heterocycles. The van der Waals surface area contributed by atoms with Gasteiger partial charge in [-0.1, -0.05) is 30.4 Å². The van der Waals surface area contributed by atoms with Gasteiger partial charge in [-0.15, -0.1) is 0 Å². The maximum atomic E-state index is 12.8. The number of carbonyl (C=O) groups excluding carboxylic acids is 1. The van der Waals surface area contributed by atoms with E-state index in [9.17, 15) is 13.2 Å². The second-order valence-corrected chi connectivity index (χ2v) is 8.58. The Labute approximate surface area is 160 Å². The molecule has 0 bridgehead atoms. The predicted molar refractivity (Wildman–Crippen MR) is 108 cm³/mol. The number of hydrogen-bond donors (Lipinski definition) is 2. The van der Waals surface area contributed by atoms with Gasteiger partial charge in [-0.25, -0.2) is 8.42 Å². The molecule has 0 saturated heterocycles. The molecule has 0 aliphatic heterocycles. The monoisotopic (exact) mass is 384 g/mol. The minimum absolute atomic E-state index is 0.0678. The van der Waals surface area contributed by atoms with E-state index < -0.39 is 10.0 Å². The maximum absolute atomic E-state index is 12.8. The number of aryl methyl sites for hydroxylation is 2. The zero-order chi connectivity index (χ0) is 19.4. The molecule has 0 heterocycles. The minimum atomic E-state index is -3.76. The van der Waals surface area contributed by atoms with E-state index in [0.29, 0.717) is 16.9 Å². The van der Waals surface area contributed by atoms with Gasteiger partial charge in [-0.2, -0.15) is 0 Å². The first kappa shape index (κ1) is 19.2. The van der Waals surface area contributed by atoms with Gasteiger partial charge in [0.2, 0.25) is 5.91 Å². The lowest BCUT2D eigenvalue weighted by molar-refractivity contribution is -0.120. The first-order valence-corrected chi connectivity index (χ1v) is 10.5. The van der Waals surface area contributed by atoms with Crippen molar-refractivity contribution in [1.29, 1.82) is 0 Å². The minimum Gasteiger partial charge on any atom is -0.326 e. The molecule has 2 N–H and O–H groups in total. The Bertz CT molecular complexity index is 981. The lowest BCUT2D eigenvalue weighted by Crippen LogP contribution is -2.23. The normalized spacial score (nSPS) is 16.7. The number of sulfonamides is 1. The third kappa shape index (κ3) is 4.77. The number of rotatable bonds is 5. The summed E-state index contributed by atoms with van der Waals surface area (Å²) in [5.41, 5.74) is 2.59. The topological polar surface area (TPSA) is 75.3 Å². The lowest BCUT2D eigenvalue weighted by atomic mass is 9.93. The summed E-state index contributed by atoms with van der Waals surface area (Å²) in [6.45, 7) is 3.64. The van der Waals surface area contributed by atoms with Crippen LogP contribution >= 0.6 is 0 Å². The molecule has 142 valence electrons. The molecule has 1 unspecified atom stereocenters. The fourth-order valence-electron chi connectivity index (χ4n) is 3.16. The Kier molecular flexibility index (Phi) is 5.65. The Morgan fingerprint density at radius 2 is 1.85 bits per heavy atom. The first-order valence-electron chi connectivity index (χ1n) is 9.01. The summed E-state index contributed by atoms with van der Waals surface area (Å²) in [7, 11) is -3.76. The van der Waals surface area contributed by atoms with Crippen LogP contribution in [0.15, 0.2) is 59.5 Å². The predicted octanol–water partition coefficient (Wildman–Crippen LogP) is 4.40. The number of nitrogens with one attached hydrogen (secondary N) is 2. The van der Waals surface area contributed by atoms with Crippen molar-refractivity contribution in [3.8, 4) is 0 Å². The number of benzene rings is 2. The molecule has 2 aromatic carbocycles. The SMILES string of the molecule is Cc1cccc(NS(=O)(=O)c2cc(NC(=O)C3CC=CCC3)ccc2C)c1.